The second kappa shape index (κ2) is 5.87. The Morgan fingerprint density at radius 2 is 2.06 bits per heavy atom. The number of hydrogen-bond donors (Lipinski definition) is 1. The molecule has 1 aromatic carbocycles. The van der Waals surface area contributed by atoms with Gasteiger partial charge in [-0.3, -0.25) is 9.69 Å². The summed E-state index contributed by atoms with van der Waals surface area (Å²) < 4.78 is 0. The third kappa shape index (κ3) is 3.83. The number of carbonyl (C=O) groups excluding carboxylic acids is 1. The summed E-state index contributed by atoms with van der Waals surface area (Å²) in [6.07, 6.45) is 0. The SMILES string of the molecule is CC(C)N(CC(N)=O)Cc1ccccc1Cl. The van der Waals surface area contributed by atoms with Crippen molar-refractivity contribution < 1.29 is 4.79 Å². The molecule has 0 aliphatic heterocycles. The smallest absolute Gasteiger partial charge is 0.231 e. The first-order valence-corrected chi connectivity index (χ1v) is 5.64. The molecule has 4 heteroatoms. The third-order valence-corrected chi connectivity index (χ3v) is 2.79. The average Bonchev–Trinajstić information content (AvgIpc) is 2.19. The van der Waals surface area contributed by atoms with Gasteiger partial charge in [-0.25, -0.2) is 0 Å². The van der Waals surface area contributed by atoms with E-state index in [4.69, 9.17) is 17.3 Å². The van der Waals surface area contributed by atoms with Crippen LogP contribution in [0.5, 0.6) is 0 Å². The Balaban J connectivity index is 2.76. The van der Waals surface area contributed by atoms with Crippen LogP contribution in [-0.4, -0.2) is 23.4 Å². The average molecular weight is 241 g/mol. The fourth-order valence-electron chi connectivity index (χ4n) is 1.47. The molecule has 0 spiro atoms. The summed E-state index contributed by atoms with van der Waals surface area (Å²) in [6, 6.07) is 7.88. The van der Waals surface area contributed by atoms with Crippen LogP contribution in [0.3, 0.4) is 0 Å². The second-order valence-corrected chi connectivity index (χ2v) is 4.46. The number of carbonyl (C=O) groups is 1. The van der Waals surface area contributed by atoms with E-state index >= 15 is 0 Å². The zero-order chi connectivity index (χ0) is 12.1. The highest BCUT2D eigenvalue weighted by molar-refractivity contribution is 6.31. The number of halogens is 1. The van der Waals surface area contributed by atoms with Gasteiger partial charge in [0.1, 0.15) is 0 Å². The lowest BCUT2D eigenvalue weighted by Crippen LogP contribution is -2.38. The van der Waals surface area contributed by atoms with E-state index in [0.717, 1.165) is 10.6 Å². The van der Waals surface area contributed by atoms with Crippen LogP contribution in [0.4, 0.5) is 0 Å². The second-order valence-electron chi connectivity index (χ2n) is 4.06. The summed E-state index contributed by atoms with van der Waals surface area (Å²) in [5, 5.41) is 0.720. The van der Waals surface area contributed by atoms with Crippen molar-refractivity contribution in [1.29, 1.82) is 0 Å². The summed E-state index contributed by atoms with van der Waals surface area (Å²) in [5.74, 6) is -0.319. The molecule has 0 unspecified atom stereocenters. The predicted molar refractivity (Wildman–Crippen MR) is 66.2 cm³/mol. The van der Waals surface area contributed by atoms with Gasteiger partial charge in [0, 0.05) is 17.6 Å². The molecule has 0 fully saturated rings. The minimum atomic E-state index is -0.319. The minimum Gasteiger partial charge on any atom is -0.369 e. The number of rotatable bonds is 5. The maximum absolute atomic E-state index is 10.9. The van der Waals surface area contributed by atoms with E-state index in [1.54, 1.807) is 0 Å². The van der Waals surface area contributed by atoms with Gasteiger partial charge in [-0.05, 0) is 25.5 Å². The van der Waals surface area contributed by atoms with Gasteiger partial charge < -0.3 is 5.73 Å². The molecule has 0 aliphatic carbocycles. The Morgan fingerprint density at radius 3 is 2.56 bits per heavy atom. The fraction of sp³-hybridized carbons (Fsp3) is 0.417. The lowest BCUT2D eigenvalue weighted by molar-refractivity contribution is -0.119. The van der Waals surface area contributed by atoms with Crippen molar-refractivity contribution in [1.82, 2.24) is 4.90 Å². The molecule has 0 heterocycles. The molecule has 88 valence electrons. The normalized spacial score (nSPS) is 11.1. The molecular formula is C12H17ClN2O. The van der Waals surface area contributed by atoms with Gasteiger partial charge in [0.2, 0.25) is 5.91 Å². The molecule has 1 aromatic rings. The van der Waals surface area contributed by atoms with E-state index in [9.17, 15) is 4.79 Å². The molecule has 0 saturated carbocycles. The van der Waals surface area contributed by atoms with Crippen molar-refractivity contribution in [2.45, 2.75) is 26.4 Å². The Bertz CT molecular complexity index is 366. The molecule has 0 aliphatic rings. The van der Waals surface area contributed by atoms with Crippen LogP contribution in [0.1, 0.15) is 19.4 Å². The molecule has 3 nitrogen and oxygen atoms in total. The van der Waals surface area contributed by atoms with Crippen molar-refractivity contribution in [3.8, 4) is 0 Å². The molecule has 0 saturated heterocycles. The molecule has 2 N–H and O–H groups in total. The highest BCUT2D eigenvalue weighted by Crippen LogP contribution is 2.17. The number of nitrogens with two attached hydrogens (primary N) is 1. The lowest BCUT2D eigenvalue weighted by Gasteiger charge is -2.25. The Morgan fingerprint density at radius 1 is 1.44 bits per heavy atom. The monoisotopic (exact) mass is 240 g/mol. The molecular weight excluding hydrogens is 224 g/mol. The fourth-order valence-corrected chi connectivity index (χ4v) is 1.66. The zero-order valence-corrected chi connectivity index (χ0v) is 10.4. The summed E-state index contributed by atoms with van der Waals surface area (Å²) in [6.45, 7) is 4.95. The standard InChI is InChI=1S/C12H17ClN2O/c1-9(2)15(8-12(14)16)7-10-5-3-4-6-11(10)13/h3-6,9H,7-8H2,1-2H3,(H2,14,16). The Labute approximate surface area is 101 Å². The van der Waals surface area contributed by atoms with Crippen LogP contribution in [0.15, 0.2) is 24.3 Å². The first-order chi connectivity index (χ1) is 7.50. The molecule has 0 aromatic heterocycles. The summed E-state index contributed by atoms with van der Waals surface area (Å²) in [7, 11) is 0. The minimum absolute atomic E-state index is 0.253. The van der Waals surface area contributed by atoms with E-state index in [-0.39, 0.29) is 18.5 Å². The Kier molecular flexibility index (Phi) is 4.77. The third-order valence-electron chi connectivity index (χ3n) is 2.42. The van der Waals surface area contributed by atoms with Crippen LogP contribution in [0.2, 0.25) is 5.02 Å². The van der Waals surface area contributed by atoms with E-state index in [0.29, 0.717) is 6.54 Å². The van der Waals surface area contributed by atoms with Crippen LogP contribution < -0.4 is 5.73 Å². The van der Waals surface area contributed by atoms with E-state index in [1.165, 1.54) is 0 Å². The van der Waals surface area contributed by atoms with E-state index < -0.39 is 0 Å². The van der Waals surface area contributed by atoms with Crippen LogP contribution in [0, 0.1) is 0 Å². The van der Waals surface area contributed by atoms with Gasteiger partial charge >= 0.3 is 0 Å². The molecule has 16 heavy (non-hydrogen) atoms. The highest BCUT2D eigenvalue weighted by Gasteiger charge is 2.13. The summed E-state index contributed by atoms with van der Waals surface area (Å²) in [4.78, 5) is 12.9. The molecule has 0 radical (unpaired) electrons. The van der Waals surface area contributed by atoms with Gasteiger partial charge in [-0.1, -0.05) is 29.8 Å². The van der Waals surface area contributed by atoms with Crippen molar-refractivity contribution in [2.24, 2.45) is 5.73 Å². The molecule has 1 rings (SSSR count). The number of hydrogen-bond acceptors (Lipinski definition) is 2. The molecule has 0 atom stereocenters. The first kappa shape index (κ1) is 13.0. The van der Waals surface area contributed by atoms with Crippen LogP contribution in [-0.2, 0) is 11.3 Å². The van der Waals surface area contributed by atoms with E-state index in [2.05, 4.69) is 0 Å². The molecule has 1 amide bonds. The maximum Gasteiger partial charge on any atom is 0.231 e. The largest absolute Gasteiger partial charge is 0.369 e. The van der Waals surface area contributed by atoms with Crippen LogP contribution in [0.25, 0.3) is 0 Å². The predicted octanol–water partition coefficient (Wildman–Crippen LogP) is 2.04. The highest BCUT2D eigenvalue weighted by atomic mass is 35.5. The first-order valence-electron chi connectivity index (χ1n) is 5.26. The number of nitrogens with zero attached hydrogens (tertiary/aromatic N) is 1. The number of benzene rings is 1. The Hall–Kier alpha value is -1.06. The van der Waals surface area contributed by atoms with Crippen molar-refractivity contribution in [3.63, 3.8) is 0 Å². The van der Waals surface area contributed by atoms with Crippen molar-refractivity contribution in [2.75, 3.05) is 6.54 Å². The quantitative estimate of drug-likeness (QED) is 0.856. The zero-order valence-electron chi connectivity index (χ0n) is 9.61. The summed E-state index contributed by atoms with van der Waals surface area (Å²) in [5.41, 5.74) is 6.22. The topological polar surface area (TPSA) is 46.3 Å². The lowest BCUT2D eigenvalue weighted by atomic mass is 10.2. The van der Waals surface area contributed by atoms with Gasteiger partial charge in [-0.15, -0.1) is 0 Å². The van der Waals surface area contributed by atoms with Crippen molar-refractivity contribution >= 4 is 17.5 Å². The van der Waals surface area contributed by atoms with Gasteiger partial charge in [0.25, 0.3) is 0 Å². The van der Waals surface area contributed by atoms with Gasteiger partial charge in [0.15, 0.2) is 0 Å². The molecule has 0 bridgehead atoms. The van der Waals surface area contributed by atoms with Gasteiger partial charge in [0.05, 0.1) is 6.54 Å². The number of amides is 1. The summed E-state index contributed by atoms with van der Waals surface area (Å²) >= 11 is 6.07. The van der Waals surface area contributed by atoms with E-state index in [1.807, 2.05) is 43.0 Å². The van der Waals surface area contributed by atoms with Crippen molar-refractivity contribution in [3.05, 3.63) is 34.9 Å². The van der Waals surface area contributed by atoms with Gasteiger partial charge in [-0.2, -0.15) is 0 Å². The maximum atomic E-state index is 10.9. The van der Waals surface area contributed by atoms with Crippen LogP contribution >= 0.6 is 11.6 Å². The number of primary amides is 1.